The Morgan fingerprint density at radius 2 is 2.21 bits per heavy atom. The monoisotopic (exact) mass is 279 g/mol. The average molecular weight is 279 g/mol. The van der Waals surface area contributed by atoms with E-state index in [1.165, 1.54) is 24.2 Å². The van der Waals surface area contributed by atoms with Crippen LogP contribution in [0.15, 0.2) is 6.20 Å². The van der Waals surface area contributed by atoms with Crippen LogP contribution in [0.5, 0.6) is 0 Å². The molecule has 0 saturated heterocycles. The summed E-state index contributed by atoms with van der Waals surface area (Å²) in [7, 11) is 0. The van der Waals surface area contributed by atoms with Gasteiger partial charge in [0.1, 0.15) is 11.0 Å². The molecule has 0 radical (unpaired) electrons. The number of fused-ring (bicyclic) bond motifs is 2. The molecule has 104 valence electrons. The number of rotatable bonds is 2. The fraction of sp³-hybridized carbons (Fsp3) is 0.733. The number of thiazole rings is 1. The normalized spacial score (nSPS) is 35.6. The maximum atomic E-state index is 12.2. The largest absolute Gasteiger partial charge is 0.458 e. The molecule has 4 heteroatoms. The first-order valence-corrected chi connectivity index (χ1v) is 7.79. The minimum Gasteiger partial charge on any atom is -0.458 e. The second-order valence-corrected chi connectivity index (χ2v) is 7.98. The third-order valence-electron chi connectivity index (χ3n) is 5.79. The quantitative estimate of drug-likeness (QED) is 0.772. The van der Waals surface area contributed by atoms with Crippen molar-refractivity contribution in [2.24, 2.45) is 16.7 Å². The van der Waals surface area contributed by atoms with E-state index in [-0.39, 0.29) is 22.9 Å². The van der Waals surface area contributed by atoms with Gasteiger partial charge in [0, 0.05) is 5.41 Å². The standard InChI is InChI=1S/C15H21NO2S/c1-9-16-8-11(19-9)13(17)18-12-7-10-5-6-15(12,4)14(10,2)3/h8,10,12H,5-7H2,1-4H3. The topological polar surface area (TPSA) is 39.2 Å². The zero-order valence-electron chi connectivity index (χ0n) is 12.0. The molecule has 2 fully saturated rings. The van der Waals surface area contributed by atoms with E-state index in [1.807, 2.05) is 6.92 Å². The summed E-state index contributed by atoms with van der Waals surface area (Å²) in [6.07, 6.45) is 5.16. The summed E-state index contributed by atoms with van der Waals surface area (Å²) in [5.74, 6) is 0.499. The van der Waals surface area contributed by atoms with Crippen molar-refractivity contribution in [3.63, 3.8) is 0 Å². The van der Waals surface area contributed by atoms with E-state index in [0.717, 1.165) is 11.4 Å². The number of esters is 1. The Morgan fingerprint density at radius 1 is 1.47 bits per heavy atom. The van der Waals surface area contributed by atoms with Gasteiger partial charge in [-0.1, -0.05) is 20.8 Å². The Balaban J connectivity index is 1.77. The molecule has 2 aliphatic carbocycles. The van der Waals surface area contributed by atoms with E-state index >= 15 is 0 Å². The van der Waals surface area contributed by atoms with Crippen molar-refractivity contribution >= 4 is 17.3 Å². The minimum absolute atomic E-state index is 0.0659. The molecular formula is C15H21NO2S. The van der Waals surface area contributed by atoms with E-state index in [4.69, 9.17) is 4.74 Å². The Kier molecular flexibility index (Phi) is 2.79. The Morgan fingerprint density at radius 3 is 2.68 bits per heavy atom. The van der Waals surface area contributed by atoms with E-state index < -0.39 is 0 Å². The summed E-state index contributed by atoms with van der Waals surface area (Å²) in [4.78, 5) is 16.9. The van der Waals surface area contributed by atoms with Crippen LogP contribution in [-0.4, -0.2) is 17.1 Å². The molecule has 0 spiro atoms. The first-order valence-electron chi connectivity index (χ1n) is 6.98. The lowest BCUT2D eigenvalue weighted by atomic mass is 9.70. The third kappa shape index (κ3) is 1.76. The third-order valence-corrected chi connectivity index (χ3v) is 6.68. The van der Waals surface area contributed by atoms with Crippen LogP contribution in [-0.2, 0) is 4.74 Å². The maximum absolute atomic E-state index is 12.2. The van der Waals surface area contributed by atoms with Gasteiger partial charge in [-0.15, -0.1) is 11.3 Å². The smallest absolute Gasteiger partial charge is 0.350 e. The number of carbonyl (C=O) groups is 1. The van der Waals surface area contributed by atoms with Crippen molar-refractivity contribution in [1.82, 2.24) is 4.98 Å². The lowest BCUT2D eigenvalue weighted by molar-refractivity contribution is -0.0238. The van der Waals surface area contributed by atoms with Crippen molar-refractivity contribution in [2.75, 3.05) is 0 Å². The molecular weight excluding hydrogens is 258 g/mol. The minimum atomic E-state index is -0.194. The molecule has 2 aliphatic rings. The van der Waals surface area contributed by atoms with Crippen LogP contribution in [0, 0.1) is 23.7 Å². The highest BCUT2D eigenvalue weighted by Gasteiger charge is 2.62. The number of hydrogen-bond acceptors (Lipinski definition) is 4. The lowest BCUT2D eigenvalue weighted by Gasteiger charge is -2.38. The zero-order valence-corrected chi connectivity index (χ0v) is 12.8. The lowest BCUT2D eigenvalue weighted by Crippen LogP contribution is -2.38. The van der Waals surface area contributed by atoms with Crippen LogP contribution < -0.4 is 0 Å². The molecule has 19 heavy (non-hydrogen) atoms. The van der Waals surface area contributed by atoms with Gasteiger partial charge in [-0.3, -0.25) is 0 Å². The maximum Gasteiger partial charge on any atom is 0.350 e. The summed E-state index contributed by atoms with van der Waals surface area (Å²) in [6, 6.07) is 0. The van der Waals surface area contributed by atoms with E-state index in [2.05, 4.69) is 25.8 Å². The van der Waals surface area contributed by atoms with Crippen LogP contribution in [0.4, 0.5) is 0 Å². The highest BCUT2D eigenvalue weighted by Crippen LogP contribution is 2.66. The number of nitrogens with zero attached hydrogens (tertiary/aromatic N) is 1. The van der Waals surface area contributed by atoms with Gasteiger partial charge in [0.05, 0.1) is 11.2 Å². The summed E-state index contributed by atoms with van der Waals surface area (Å²) in [5.41, 5.74) is 0.411. The van der Waals surface area contributed by atoms with Crippen LogP contribution in [0.2, 0.25) is 0 Å². The Bertz CT molecular complexity index is 522. The number of ether oxygens (including phenoxy) is 1. The van der Waals surface area contributed by atoms with Crippen molar-refractivity contribution in [3.05, 3.63) is 16.1 Å². The van der Waals surface area contributed by atoms with Crippen molar-refractivity contribution in [1.29, 1.82) is 0 Å². The van der Waals surface area contributed by atoms with E-state index in [1.54, 1.807) is 6.20 Å². The Labute approximate surface area is 118 Å². The van der Waals surface area contributed by atoms with Crippen molar-refractivity contribution < 1.29 is 9.53 Å². The van der Waals surface area contributed by atoms with Crippen molar-refractivity contribution in [2.45, 2.75) is 53.1 Å². The van der Waals surface area contributed by atoms with Gasteiger partial charge in [-0.25, -0.2) is 9.78 Å². The molecule has 3 nitrogen and oxygen atoms in total. The average Bonchev–Trinajstić information content (AvgIpc) is 2.91. The fourth-order valence-corrected chi connectivity index (χ4v) is 4.61. The second-order valence-electron chi connectivity index (χ2n) is 6.75. The number of carbonyl (C=O) groups excluding carboxylic acids is 1. The molecule has 3 rings (SSSR count). The van der Waals surface area contributed by atoms with Crippen LogP contribution in [0.3, 0.4) is 0 Å². The predicted octanol–water partition coefficient (Wildman–Crippen LogP) is 3.82. The summed E-state index contributed by atoms with van der Waals surface area (Å²) >= 11 is 1.41. The highest BCUT2D eigenvalue weighted by atomic mass is 32.1. The van der Waals surface area contributed by atoms with Crippen LogP contribution in [0.25, 0.3) is 0 Å². The summed E-state index contributed by atoms with van der Waals surface area (Å²) in [6.45, 7) is 8.85. The van der Waals surface area contributed by atoms with Gasteiger partial charge >= 0.3 is 5.97 Å². The number of aromatic nitrogens is 1. The van der Waals surface area contributed by atoms with Crippen LogP contribution >= 0.6 is 11.3 Å². The first-order chi connectivity index (χ1) is 8.84. The van der Waals surface area contributed by atoms with Gasteiger partial charge in [0.25, 0.3) is 0 Å². The highest BCUT2D eigenvalue weighted by molar-refractivity contribution is 7.13. The molecule has 2 saturated carbocycles. The first kappa shape index (κ1) is 13.1. The molecule has 3 unspecified atom stereocenters. The molecule has 0 amide bonds. The van der Waals surface area contributed by atoms with Gasteiger partial charge in [0.2, 0.25) is 0 Å². The fourth-order valence-electron chi connectivity index (χ4n) is 3.95. The second kappa shape index (κ2) is 4.05. The predicted molar refractivity (Wildman–Crippen MR) is 75.3 cm³/mol. The zero-order chi connectivity index (χ0) is 13.8. The molecule has 0 aliphatic heterocycles. The van der Waals surface area contributed by atoms with Gasteiger partial charge < -0.3 is 4.74 Å². The number of hydrogen-bond donors (Lipinski definition) is 0. The van der Waals surface area contributed by atoms with E-state index in [0.29, 0.717) is 10.8 Å². The van der Waals surface area contributed by atoms with Gasteiger partial charge in [-0.2, -0.15) is 0 Å². The molecule has 3 atom stereocenters. The molecule has 2 bridgehead atoms. The van der Waals surface area contributed by atoms with Gasteiger partial charge in [-0.05, 0) is 37.5 Å². The molecule has 1 aromatic heterocycles. The van der Waals surface area contributed by atoms with Crippen molar-refractivity contribution in [3.8, 4) is 0 Å². The van der Waals surface area contributed by atoms with Crippen LogP contribution in [0.1, 0.15) is 54.7 Å². The SMILES string of the molecule is Cc1ncc(C(=O)OC2CC3CCC2(C)C3(C)C)s1. The molecule has 0 N–H and O–H groups in total. The van der Waals surface area contributed by atoms with Gasteiger partial charge in [0.15, 0.2) is 0 Å². The van der Waals surface area contributed by atoms with E-state index in [9.17, 15) is 4.79 Å². The molecule has 1 aromatic rings. The number of aryl methyl sites for hydroxylation is 1. The molecule has 0 aromatic carbocycles. The summed E-state index contributed by atoms with van der Waals surface area (Å²) < 4.78 is 5.81. The molecule has 1 heterocycles. The summed E-state index contributed by atoms with van der Waals surface area (Å²) in [5, 5.41) is 0.909. The Hall–Kier alpha value is -0.900.